The monoisotopic (exact) mass is 276 g/mol. The third kappa shape index (κ3) is 3.05. The highest BCUT2D eigenvalue weighted by molar-refractivity contribution is 5.75. The number of nitrogen functional groups attached to an aromatic ring is 1. The van der Waals surface area contributed by atoms with Crippen LogP contribution in [-0.4, -0.2) is 22.2 Å². The molecule has 0 bridgehead atoms. The summed E-state index contributed by atoms with van der Waals surface area (Å²) in [7, 11) is 0. The van der Waals surface area contributed by atoms with Gasteiger partial charge in [0.15, 0.2) is 5.76 Å². The topological polar surface area (TPSA) is 103 Å². The van der Waals surface area contributed by atoms with Crippen LogP contribution in [-0.2, 0) is 11.3 Å². The van der Waals surface area contributed by atoms with E-state index in [0.717, 1.165) is 11.1 Å². The third-order valence-electron chi connectivity index (χ3n) is 2.64. The van der Waals surface area contributed by atoms with E-state index in [1.807, 2.05) is 6.92 Å². The van der Waals surface area contributed by atoms with Crippen LogP contribution in [0.15, 0.2) is 33.7 Å². The molecule has 7 nitrogen and oxygen atoms in total. The van der Waals surface area contributed by atoms with Gasteiger partial charge in [-0.1, -0.05) is 6.92 Å². The number of furan rings is 1. The first-order chi connectivity index (χ1) is 9.61. The van der Waals surface area contributed by atoms with Gasteiger partial charge in [0.1, 0.15) is 17.9 Å². The molecule has 0 aromatic carbocycles. The minimum atomic E-state index is -0.494. The van der Waals surface area contributed by atoms with Gasteiger partial charge < -0.3 is 15.5 Å². The summed E-state index contributed by atoms with van der Waals surface area (Å²) in [6.45, 7) is 2.33. The molecule has 7 heteroatoms. The van der Waals surface area contributed by atoms with Crippen molar-refractivity contribution in [2.75, 3.05) is 12.3 Å². The van der Waals surface area contributed by atoms with Gasteiger partial charge in [-0.3, -0.25) is 9.59 Å². The van der Waals surface area contributed by atoms with Gasteiger partial charge in [0.25, 0.3) is 5.56 Å². The Kier molecular flexibility index (Phi) is 4.19. The Labute approximate surface area is 115 Å². The summed E-state index contributed by atoms with van der Waals surface area (Å²) in [5.74, 6) is 0.205. The Hall–Kier alpha value is -2.57. The SMILES string of the molecule is CCCNC(=O)Cn1nc(-c2ccco2)cc(N)c1=O. The number of nitrogens with zero attached hydrogens (tertiary/aromatic N) is 2. The lowest BCUT2D eigenvalue weighted by molar-refractivity contribution is -0.121. The number of nitrogens with one attached hydrogen (secondary N) is 1. The van der Waals surface area contributed by atoms with Gasteiger partial charge in [0, 0.05) is 6.54 Å². The minimum Gasteiger partial charge on any atom is -0.463 e. The van der Waals surface area contributed by atoms with Gasteiger partial charge >= 0.3 is 0 Å². The number of amides is 1. The first kappa shape index (κ1) is 13.9. The van der Waals surface area contributed by atoms with Gasteiger partial charge in [0.05, 0.1) is 6.26 Å². The molecule has 0 saturated heterocycles. The van der Waals surface area contributed by atoms with Crippen LogP contribution < -0.4 is 16.6 Å². The van der Waals surface area contributed by atoms with Crippen molar-refractivity contribution in [1.29, 1.82) is 0 Å². The van der Waals surface area contributed by atoms with Gasteiger partial charge in [-0.2, -0.15) is 5.10 Å². The molecule has 3 N–H and O–H groups in total. The van der Waals surface area contributed by atoms with E-state index in [1.54, 1.807) is 12.1 Å². The van der Waals surface area contributed by atoms with Crippen LogP contribution in [0, 0.1) is 0 Å². The van der Waals surface area contributed by atoms with Crippen LogP contribution in [0.1, 0.15) is 13.3 Å². The molecule has 0 radical (unpaired) electrons. The molecule has 2 aromatic rings. The van der Waals surface area contributed by atoms with Crippen LogP contribution in [0.3, 0.4) is 0 Å². The second kappa shape index (κ2) is 6.05. The fourth-order valence-corrected chi connectivity index (χ4v) is 1.67. The maximum absolute atomic E-state index is 11.9. The maximum Gasteiger partial charge on any atom is 0.290 e. The number of hydrogen-bond acceptors (Lipinski definition) is 5. The number of carbonyl (C=O) groups excluding carboxylic acids is 1. The number of anilines is 1. The molecule has 0 fully saturated rings. The lowest BCUT2D eigenvalue weighted by atomic mass is 10.3. The van der Waals surface area contributed by atoms with Crippen molar-refractivity contribution < 1.29 is 9.21 Å². The van der Waals surface area contributed by atoms with E-state index in [-0.39, 0.29) is 18.1 Å². The largest absolute Gasteiger partial charge is 0.463 e. The number of nitrogens with two attached hydrogens (primary N) is 1. The van der Waals surface area contributed by atoms with Crippen LogP contribution >= 0.6 is 0 Å². The zero-order valence-electron chi connectivity index (χ0n) is 11.1. The van der Waals surface area contributed by atoms with Crippen LogP contribution in [0.2, 0.25) is 0 Å². The number of hydrogen-bond donors (Lipinski definition) is 2. The molecular weight excluding hydrogens is 260 g/mol. The first-order valence-electron chi connectivity index (χ1n) is 6.30. The van der Waals surface area contributed by atoms with E-state index in [0.29, 0.717) is 18.0 Å². The van der Waals surface area contributed by atoms with Crippen molar-refractivity contribution in [3.63, 3.8) is 0 Å². The number of carbonyl (C=O) groups is 1. The fourth-order valence-electron chi connectivity index (χ4n) is 1.67. The van der Waals surface area contributed by atoms with Gasteiger partial charge in [-0.15, -0.1) is 0 Å². The summed E-state index contributed by atoms with van der Waals surface area (Å²) in [6, 6.07) is 4.84. The van der Waals surface area contributed by atoms with Gasteiger partial charge in [0.2, 0.25) is 5.91 Å². The van der Waals surface area contributed by atoms with E-state index < -0.39 is 5.56 Å². The summed E-state index contributed by atoms with van der Waals surface area (Å²) in [5.41, 5.74) is 5.60. The lowest BCUT2D eigenvalue weighted by Crippen LogP contribution is -2.35. The van der Waals surface area contributed by atoms with E-state index >= 15 is 0 Å². The molecule has 0 unspecified atom stereocenters. The van der Waals surface area contributed by atoms with Crippen molar-refractivity contribution in [2.45, 2.75) is 19.9 Å². The van der Waals surface area contributed by atoms with E-state index in [9.17, 15) is 9.59 Å². The van der Waals surface area contributed by atoms with E-state index in [1.165, 1.54) is 12.3 Å². The predicted molar refractivity (Wildman–Crippen MR) is 73.9 cm³/mol. The van der Waals surface area contributed by atoms with Gasteiger partial charge in [-0.05, 0) is 24.6 Å². The van der Waals surface area contributed by atoms with Crippen molar-refractivity contribution >= 4 is 11.6 Å². The third-order valence-corrected chi connectivity index (χ3v) is 2.64. The predicted octanol–water partition coefficient (Wildman–Crippen LogP) is 0.612. The molecule has 106 valence electrons. The standard InChI is InChI=1S/C13H16N4O3/c1-2-5-15-12(18)8-17-13(19)9(14)7-10(16-17)11-4-3-6-20-11/h3-4,6-7H,2,5,8,14H2,1H3,(H,15,18). The zero-order chi connectivity index (χ0) is 14.5. The summed E-state index contributed by atoms with van der Waals surface area (Å²) in [6.07, 6.45) is 2.32. The zero-order valence-corrected chi connectivity index (χ0v) is 11.1. The molecule has 0 saturated carbocycles. The Balaban J connectivity index is 2.28. The summed E-state index contributed by atoms with van der Waals surface area (Å²) >= 11 is 0. The maximum atomic E-state index is 11.9. The van der Waals surface area contributed by atoms with Crippen molar-refractivity contribution in [3.05, 3.63) is 34.8 Å². The summed E-state index contributed by atoms with van der Waals surface area (Å²) in [5, 5.41) is 6.77. The highest BCUT2D eigenvalue weighted by Crippen LogP contribution is 2.17. The molecule has 0 aliphatic rings. The minimum absolute atomic E-state index is 0.0229. The second-order valence-corrected chi connectivity index (χ2v) is 4.27. The smallest absolute Gasteiger partial charge is 0.290 e. The lowest BCUT2D eigenvalue weighted by Gasteiger charge is -2.08. The Morgan fingerprint density at radius 3 is 3.00 bits per heavy atom. The van der Waals surface area contributed by atoms with Crippen molar-refractivity contribution in [3.8, 4) is 11.5 Å². The second-order valence-electron chi connectivity index (χ2n) is 4.27. The van der Waals surface area contributed by atoms with Crippen LogP contribution in [0.5, 0.6) is 0 Å². The molecule has 0 aliphatic heterocycles. The van der Waals surface area contributed by atoms with Crippen molar-refractivity contribution in [1.82, 2.24) is 15.1 Å². The Bertz CT molecular complexity index is 646. The van der Waals surface area contributed by atoms with Crippen LogP contribution in [0.4, 0.5) is 5.69 Å². The van der Waals surface area contributed by atoms with E-state index in [4.69, 9.17) is 10.2 Å². The van der Waals surface area contributed by atoms with Gasteiger partial charge in [-0.25, -0.2) is 4.68 Å². The average molecular weight is 276 g/mol. The molecule has 1 amide bonds. The quantitative estimate of drug-likeness (QED) is 0.832. The van der Waals surface area contributed by atoms with Crippen LogP contribution in [0.25, 0.3) is 11.5 Å². The highest BCUT2D eigenvalue weighted by atomic mass is 16.3. The number of aromatic nitrogens is 2. The molecule has 0 spiro atoms. The Morgan fingerprint density at radius 2 is 2.35 bits per heavy atom. The van der Waals surface area contributed by atoms with E-state index in [2.05, 4.69) is 10.4 Å². The highest BCUT2D eigenvalue weighted by Gasteiger charge is 2.12. The molecule has 20 heavy (non-hydrogen) atoms. The molecule has 2 rings (SSSR count). The van der Waals surface area contributed by atoms with Crippen molar-refractivity contribution in [2.24, 2.45) is 0 Å². The molecule has 2 aromatic heterocycles. The molecule has 0 aliphatic carbocycles. The molecular formula is C13H16N4O3. The first-order valence-corrected chi connectivity index (χ1v) is 6.30. The number of rotatable bonds is 5. The summed E-state index contributed by atoms with van der Waals surface area (Å²) < 4.78 is 6.25. The summed E-state index contributed by atoms with van der Waals surface area (Å²) in [4.78, 5) is 23.5. The average Bonchev–Trinajstić information content (AvgIpc) is 2.95. The molecule has 2 heterocycles. The molecule has 0 atom stereocenters. The Morgan fingerprint density at radius 1 is 1.55 bits per heavy atom. The fraction of sp³-hybridized carbons (Fsp3) is 0.308. The normalized spacial score (nSPS) is 10.4.